The van der Waals surface area contributed by atoms with Gasteiger partial charge in [0.2, 0.25) is 0 Å². The summed E-state index contributed by atoms with van der Waals surface area (Å²) < 4.78 is 0. The van der Waals surface area contributed by atoms with Crippen molar-refractivity contribution in [2.45, 2.75) is 6.54 Å². The Balaban J connectivity index is 1.84. The van der Waals surface area contributed by atoms with Crippen LogP contribution < -0.4 is 16.0 Å². The summed E-state index contributed by atoms with van der Waals surface area (Å²) >= 11 is 12.2. The van der Waals surface area contributed by atoms with Crippen molar-refractivity contribution in [2.24, 2.45) is 11.7 Å². The van der Waals surface area contributed by atoms with Crippen LogP contribution in [0.2, 0.25) is 10.0 Å². The van der Waals surface area contributed by atoms with E-state index in [0.29, 0.717) is 16.0 Å². The lowest BCUT2D eigenvalue weighted by molar-refractivity contribution is 0.615. The molecule has 0 amide bonds. The number of anilines is 1. The van der Waals surface area contributed by atoms with Crippen molar-refractivity contribution < 1.29 is 0 Å². The average molecular weight is 348 g/mol. The highest BCUT2D eigenvalue weighted by Crippen LogP contribution is 2.29. The minimum absolute atomic E-state index is 0.369. The maximum atomic E-state index is 6.20. The number of hydrogen-bond acceptors (Lipinski definition) is 3. The fourth-order valence-electron chi connectivity index (χ4n) is 2.77. The monoisotopic (exact) mass is 347 g/mol. The quantitative estimate of drug-likeness (QED) is 0.858. The van der Waals surface area contributed by atoms with E-state index in [0.717, 1.165) is 31.1 Å². The second kappa shape index (κ2) is 7.16. The van der Waals surface area contributed by atoms with Crippen LogP contribution in [0.15, 0.2) is 60.4 Å². The molecule has 0 unspecified atom stereocenters. The molecule has 2 aromatic carbocycles. The summed E-state index contributed by atoms with van der Waals surface area (Å²) in [5, 5.41) is 4.32. The minimum atomic E-state index is 0.369. The Morgan fingerprint density at radius 2 is 1.87 bits per heavy atom. The van der Waals surface area contributed by atoms with Gasteiger partial charge >= 0.3 is 0 Å². The molecule has 1 heterocycles. The van der Waals surface area contributed by atoms with Crippen LogP contribution >= 0.6 is 23.2 Å². The molecule has 3 N–H and O–H groups in total. The zero-order valence-corrected chi connectivity index (χ0v) is 14.2. The first-order valence-electron chi connectivity index (χ1n) is 7.57. The van der Waals surface area contributed by atoms with Gasteiger partial charge in [-0.05, 0) is 29.8 Å². The summed E-state index contributed by atoms with van der Waals surface area (Å²) in [5.74, 6) is 1.12. The fraction of sp³-hybridized carbons (Fsp3) is 0.222. The van der Waals surface area contributed by atoms with Crippen LogP contribution in [0.1, 0.15) is 5.56 Å². The van der Waals surface area contributed by atoms with Crippen molar-refractivity contribution in [3.05, 3.63) is 76.0 Å². The number of hydrogen-bond donors (Lipinski definition) is 2. The topological polar surface area (TPSA) is 41.3 Å². The molecule has 0 aromatic heterocycles. The summed E-state index contributed by atoms with van der Waals surface area (Å²) in [5.41, 5.74) is 8.14. The van der Waals surface area contributed by atoms with Gasteiger partial charge in [0.15, 0.2) is 0 Å². The predicted octanol–water partition coefficient (Wildman–Crippen LogP) is 4.02. The Bertz CT molecular complexity index is 701. The van der Waals surface area contributed by atoms with Crippen LogP contribution in [0, 0.1) is 5.92 Å². The fourth-order valence-corrected chi connectivity index (χ4v) is 3.06. The van der Waals surface area contributed by atoms with Gasteiger partial charge < -0.3 is 16.0 Å². The lowest BCUT2D eigenvalue weighted by Gasteiger charge is -2.27. The molecule has 3 rings (SSSR count). The van der Waals surface area contributed by atoms with Gasteiger partial charge in [0, 0.05) is 31.2 Å². The molecule has 0 saturated heterocycles. The molecular weight excluding hydrogens is 329 g/mol. The SMILES string of the molecule is NC1=C[C@H](CN(Cc2ccccc2)c2ccc(Cl)c(Cl)c2)CN1. The molecule has 0 spiro atoms. The smallest absolute Gasteiger partial charge is 0.0923 e. The minimum Gasteiger partial charge on any atom is -0.386 e. The molecule has 0 aliphatic carbocycles. The van der Waals surface area contributed by atoms with Crippen LogP contribution in [-0.4, -0.2) is 13.1 Å². The summed E-state index contributed by atoms with van der Waals surface area (Å²) in [7, 11) is 0. The Morgan fingerprint density at radius 1 is 1.09 bits per heavy atom. The third kappa shape index (κ3) is 4.12. The molecule has 3 nitrogen and oxygen atoms in total. The number of nitrogens with one attached hydrogen (secondary N) is 1. The van der Waals surface area contributed by atoms with Crippen LogP contribution in [0.25, 0.3) is 0 Å². The number of benzene rings is 2. The van der Waals surface area contributed by atoms with Crippen LogP contribution in [0.5, 0.6) is 0 Å². The molecule has 5 heteroatoms. The Kier molecular flexibility index (Phi) is 4.99. The van der Waals surface area contributed by atoms with Crippen molar-refractivity contribution >= 4 is 28.9 Å². The third-order valence-corrected chi connectivity index (χ3v) is 4.66. The predicted molar refractivity (Wildman–Crippen MR) is 97.7 cm³/mol. The van der Waals surface area contributed by atoms with Gasteiger partial charge in [-0.25, -0.2) is 0 Å². The van der Waals surface area contributed by atoms with E-state index in [4.69, 9.17) is 28.9 Å². The van der Waals surface area contributed by atoms with Crippen LogP contribution in [0.3, 0.4) is 0 Å². The summed E-state index contributed by atoms with van der Waals surface area (Å²) in [6.45, 7) is 2.53. The standard InChI is InChI=1S/C18H19Cl2N3/c19-16-7-6-15(9-17(16)20)23(11-13-4-2-1-3-5-13)12-14-8-18(21)22-10-14/h1-9,14,22H,10-12,21H2/t14-/m0/s1. The van der Waals surface area contributed by atoms with E-state index in [1.165, 1.54) is 5.56 Å². The first-order chi connectivity index (χ1) is 11.1. The lowest BCUT2D eigenvalue weighted by atomic mass is 10.1. The molecule has 0 radical (unpaired) electrons. The van der Waals surface area contributed by atoms with Gasteiger partial charge in [0.05, 0.1) is 15.9 Å². The van der Waals surface area contributed by atoms with Crippen molar-refractivity contribution in [2.75, 3.05) is 18.0 Å². The van der Waals surface area contributed by atoms with Gasteiger partial charge in [0.25, 0.3) is 0 Å². The zero-order chi connectivity index (χ0) is 16.2. The molecule has 1 aliphatic heterocycles. The van der Waals surface area contributed by atoms with Crippen molar-refractivity contribution in [3.8, 4) is 0 Å². The highest BCUT2D eigenvalue weighted by atomic mass is 35.5. The molecule has 0 fully saturated rings. The van der Waals surface area contributed by atoms with E-state index < -0.39 is 0 Å². The van der Waals surface area contributed by atoms with Gasteiger partial charge in [-0.15, -0.1) is 0 Å². The van der Waals surface area contributed by atoms with Crippen LogP contribution in [0.4, 0.5) is 5.69 Å². The molecular formula is C18H19Cl2N3. The molecule has 23 heavy (non-hydrogen) atoms. The highest BCUT2D eigenvalue weighted by Gasteiger charge is 2.18. The van der Waals surface area contributed by atoms with Gasteiger partial charge in [-0.1, -0.05) is 53.5 Å². The van der Waals surface area contributed by atoms with E-state index in [2.05, 4.69) is 40.6 Å². The maximum Gasteiger partial charge on any atom is 0.0923 e. The maximum absolute atomic E-state index is 6.20. The number of halogens is 2. The van der Waals surface area contributed by atoms with Crippen LogP contribution in [-0.2, 0) is 6.54 Å². The van der Waals surface area contributed by atoms with Gasteiger partial charge in [0.1, 0.15) is 0 Å². The van der Waals surface area contributed by atoms with Gasteiger partial charge in [-0.3, -0.25) is 0 Å². The van der Waals surface area contributed by atoms with Gasteiger partial charge in [-0.2, -0.15) is 0 Å². The molecule has 0 saturated carbocycles. The lowest BCUT2D eigenvalue weighted by Crippen LogP contribution is -2.30. The number of nitrogens with zero attached hydrogens (tertiary/aromatic N) is 1. The second-order valence-electron chi connectivity index (χ2n) is 5.73. The molecule has 0 bridgehead atoms. The Labute approximate surface area is 146 Å². The summed E-state index contributed by atoms with van der Waals surface area (Å²) in [6.07, 6.45) is 2.08. The molecule has 2 aromatic rings. The molecule has 1 atom stereocenters. The number of rotatable bonds is 5. The molecule has 120 valence electrons. The van der Waals surface area contributed by atoms with Crippen molar-refractivity contribution in [3.63, 3.8) is 0 Å². The normalized spacial score (nSPS) is 16.8. The third-order valence-electron chi connectivity index (χ3n) is 3.92. The van der Waals surface area contributed by atoms with E-state index in [9.17, 15) is 0 Å². The van der Waals surface area contributed by atoms with Crippen molar-refractivity contribution in [1.29, 1.82) is 0 Å². The first-order valence-corrected chi connectivity index (χ1v) is 8.32. The Hall–Kier alpha value is -1.84. The van der Waals surface area contributed by atoms with E-state index >= 15 is 0 Å². The largest absolute Gasteiger partial charge is 0.386 e. The second-order valence-corrected chi connectivity index (χ2v) is 6.54. The van der Waals surface area contributed by atoms with Crippen molar-refractivity contribution in [1.82, 2.24) is 5.32 Å². The zero-order valence-electron chi connectivity index (χ0n) is 12.7. The van der Waals surface area contributed by atoms with E-state index in [1.54, 1.807) is 0 Å². The summed E-state index contributed by atoms with van der Waals surface area (Å²) in [6, 6.07) is 16.2. The Morgan fingerprint density at radius 3 is 2.52 bits per heavy atom. The van der Waals surface area contributed by atoms with E-state index in [1.807, 2.05) is 24.3 Å². The summed E-state index contributed by atoms with van der Waals surface area (Å²) in [4.78, 5) is 2.30. The first kappa shape index (κ1) is 16.0. The molecule has 1 aliphatic rings. The van der Waals surface area contributed by atoms with E-state index in [-0.39, 0.29) is 0 Å². The highest BCUT2D eigenvalue weighted by molar-refractivity contribution is 6.42. The number of nitrogens with two attached hydrogens (primary N) is 1. The average Bonchev–Trinajstić information content (AvgIpc) is 2.95.